The highest BCUT2D eigenvalue weighted by atomic mass is 32.1. The van der Waals surface area contributed by atoms with E-state index < -0.39 is 0 Å². The Kier molecular flexibility index (Phi) is 5.52. The molecule has 0 radical (unpaired) electrons. The van der Waals surface area contributed by atoms with E-state index in [4.69, 9.17) is 10.5 Å². The third-order valence-corrected chi connectivity index (χ3v) is 4.24. The highest BCUT2D eigenvalue weighted by Gasteiger charge is 2.13. The van der Waals surface area contributed by atoms with Crippen molar-refractivity contribution in [2.45, 2.75) is 26.7 Å². The molecule has 0 spiro atoms. The summed E-state index contributed by atoms with van der Waals surface area (Å²) >= 11 is 1.45. The summed E-state index contributed by atoms with van der Waals surface area (Å²) < 4.78 is 6.47. The minimum Gasteiger partial charge on any atom is -0.494 e. The molecule has 6 heteroatoms. The molecular formula is C15H21N3O2S. The van der Waals surface area contributed by atoms with Crippen LogP contribution in [-0.2, 0) is 4.79 Å². The van der Waals surface area contributed by atoms with Gasteiger partial charge < -0.3 is 15.8 Å². The first-order valence-corrected chi connectivity index (χ1v) is 8.01. The van der Waals surface area contributed by atoms with Crippen molar-refractivity contribution in [2.75, 3.05) is 18.5 Å². The van der Waals surface area contributed by atoms with Crippen molar-refractivity contribution in [1.82, 2.24) is 4.98 Å². The number of carbonyl (C=O) groups excluding carboxylic acids is 1. The largest absolute Gasteiger partial charge is 0.494 e. The summed E-state index contributed by atoms with van der Waals surface area (Å²) in [6.45, 7) is 5.15. The van der Waals surface area contributed by atoms with Crippen molar-refractivity contribution in [2.24, 2.45) is 11.7 Å². The van der Waals surface area contributed by atoms with Crippen LogP contribution in [0.4, 0.5) is 5.13 Å². The van der Waals surface area contributed by atoms with Crippen LogP contribution < -0.4 is 15.8 Å². The van der Waals surface area contributed by atoms with Gasteiger partial charge >= 0.3 is 0 Å². The number of rotatable bonds is 7. The maximum atomic E-state index is 12.0. The standard InChI is InChI=1S/C15H21N3O2S/c1-3-10(9-16)7-14(19)18-15-17-12-6-5-11(20-4-2)8-13(12)21-15/h5-6,8,10H,3-4,7,9,16H2,1-2H3,(H,17,18,19). The Morgan fingerprint density at radius 2 is 2.29 bits per heavy atom. The van der Waals surface area contributed by atoms with Crippen molar-refractivity contribution in [3.63, 3.8) is 0 Å². The monoisotopic (exact) mass is 307 g/mol. The van der Waals surface area contributed by atoms with Crippen LogP contribution in [0, 0.1) is 5.92 Å². The minimum absolute atomic E-state index is 0.0311. The van der Waals surface area contributed by atoms with Crippen LogP contribution in [0.5, 0.6) is 5.75 Å². The SMILES string of the molecule is CCOc1ccc2nc(NC(=O)CC(CC)CN)sc2c1. The summed E-state index contributed by atoms with van der Waals surface area (Å²) in [6, 6.07) is 5.74. The second-order valence-corrected chi connectivity index (χ2v) is 5.87. The van der Waals surface area contributed by atoms with Gasteiger partial charge in [-0.25, -0.2) is 4.98 Å². The topological polar surface area (TPSA) is 77.2 Å². The van der Waals surface area contributed by atoms with Gasteiger partial charge in [0.15, 0.2) is 5.13 Å². The molecular weight excluding hydrogens is 286 g/mol. The average molecular weight is 307 g/mol. The summed E-state index contributed by atoms with van der Waals surface area (Å²) in [5, 5.41) is 3.47. The zero-order valence-electron chi connectivity index (χ0n) is 12.4. The molecule has 1 atom stereocenters. The van der Waals surface area contributed by atoms with Gasteiger partial charge in [0.25, 0.3) is 0 Å². The van der Waals surface area contributed by atoms with Crippen LogP contribution in [-0.4, -0.2) is 24.0 Å². The molecule has 1 amide bonds. The van der Waals surface area contributed by atoms with E-state index in [1.165, 1.54) is 11.3 Å². The maximum Gasteiger partial charge on any atom is 0.226 e. The fourth-order valence-electron chi connectivity index (χ4n) is 2.04. The first-order chi connectivity index (χ1) is 10.2. The Morgan fingerprint density at radius 3 is 2.95 bits per heavy atom. The highest BCUT2D eigenvalue weighted by Crippen LogP contribution is 2.29. The Bertz CT molecular complexity index is 608. The van der Waals surface area contributed by atoms with Crippen LogP contribution in [0.3, 0.4) is 0 Å². The number of carbonyl (C=O) groups is 1. The molecule has 0 bridgehead atoms. The van der Waals surface area contributed by atoms with Crippen LogP contribution in [0.2, 0.25) is 0 Å². The van der Waals surface area contributed by atoms with E-state index in [1.807, 2.05) is 32.0 Å². The normalized spacial score (nSPS) is 12.3. The summed E-state index contributed by atoms with van der Waals surface area (Å²) in [5.74, 6) is 1.01. The van der Waals surface area contributed by atoms with Gasteiger partial charge in [0.1, 0.15) is 5.75 Å². The second-order valence-electron chi connectivity index (χ2n) is 4.84. The number of nitrogens with zero attached hydrogens (tertiary/aromatic N) is 1. The van der Waals surface area contributed by atoms with Crippen molar-refractivity contribution in [3.05, 3.63) is 18.2 Å². The van der Waals surface area contributed by atoms with Gasteiger partial charge in [-0.05, 0) is 37.6 Å². The number of amides is 1. The van der Waals surface area contributed by atoms with Gasteiger partial charge in [-0.3, -0.25) is 4.79 Å². The number of thiazole rings is 1. The van der Waals surface area contributed by atoms with E-state index in [9.17, 15) is 4.79 Å². The molecule has 2 rings (SSSR count). The van der Waals surface area contributed by atoms with Crippen molar-refractivity contribution in [1.29, 1.82) is 0 Å². The molecule has 0 aliphatic carbocycles. The fraction of sp³-hybridized carbons (Fsp3) is 0.467. The van der Waals surface area contributed by atoms with E-state index in [2.05, 4.69) is 10.3 Å². The van der Waals surface area contributed by atoms with Gasteiger partial charge in [0.2, 0.25) is 5.91 Å². The van der Waals surface area contributed by atoms with Crippen LogP contribution >= 0.6 is 11.3 Å². The molecule has 0 aliphatic heterocycles. The van der Waals surface area contributed by atoms with Gasteiger partial charge in [-0.2, -0.15) is 0 Å². The summed E-state index contributed by atoms with van der Waals surface area (Å²) in [7, 11) is 0. The van der Waals surface area contributed by atoms with Gasteiger partial charge in [0.05, 0.1) is 16.8 Å². The highest BCUT2D eigenvalue weighted by molar-refractivity contribution is 7.22. The van der Waals surface area contributed by atoms with E-state index in [0.717, 1.165) is 22.4 Å². The predicted octanol–water partition coefficient (Wildman–Crippen LogP) is 3.01. The Morgan fingerprint density at radius 1 is 1.48 bits per heavy atom. The van der Waals surface area contributed by atoms with Crippen molar-refractivity contribution >= 4 is 32.6 Å². The minimum atomic E-state index is -0.0311. The number of benzene rings is 1. The molecule has 114 valence electrons. The molecule has 1 heterocycles. The molecule has 1 aromatic carbocycles. The number of hydrogen-bond acceptors (Lipinski definition) is 5. The van der Waals surface area contributed by atoms with E-state index in [-0.39, 0.29) is 11.8 Å². The van der Waals surface area contributed by atoms with Crippen LogP contribution in [0.15, 0.2) is 18.2 Å². The zero-order valence-corrected chi connectivity index (χ0v) is 13.2. The summed E-state index contributed by atoms with van der Waals surface area (Å²) in [4.78, 5) is 16.4. The van der Waals surface area contributed by atoms with E-state index in [0.29, 0.717) is 24.7 Å². The lowest BCUT2D eigenvalue weighted by Crippen LogP contribution is -2.21. The third-order valence-electron chi connectivity index (χ3n) is 3.30. The molecule has 0 saturated carbocycles. The molecule has 1 unspecified atom stereocenters. The molecule has 5 nitrogen and oxygen atoms in total. The third kappa shape index (κ3) is 4.15. The smallest absolute Gasteiger partial charge is 0.226 e. The number of anilines is 1. The Balaban J connectivity index is 2.06. The zero-order chi connectivity index (χ0) is 15.2. The number of hydrogen-bond donors (Lipinski definition) is 2. The molecule has 1 aromatic heterocycles. The Hall–Kier alpha value is -1.66. The van der Waals surface area contributed by atoms with Crippen LogP contribution in [0.25, 0.3) is 10.2 Å². The fourth-order valence-corrected chi connectivity index (χ4v) is 2.95. The van der Waals surface area contributed by atoms with Gasteiger partial charge in [-0.1, -0.05) is 24.7 Å². The lowest BCUT2D eigenvalue weighted by molar-refractivity contribution is -0.117. The van der Waals surface area contributed by atoms with Crippen LogP contribution in [0.1, 0.15) is 26.7 Å². The maximum absolute atomic E-state index is 12.0. The Labute approximate surface area is 128 Å². The van der Waals surface area contributed by atoms with Gasteiger partial charge in [-0.15, -0.1) is 0 Å². The lowest BCUT2D eigenvalue weighted by atomic mass is 10.0. The molecule has 2 aromatic rings. The van der Waals surface area contributed by atoms with Crippen molar-refractivity contribution < 1.29 is 9.53 Å². The molecule has 0 saturated heterocycles. The van der Waals surface area contributed by atoms with Crippen molar-refractivity contribution in [3.8, 4) is 5.75 Å². The first-order valence-electron chi connectivity index (χ1n) is 7.19. The summed E-state index contributed by atoms with van der Waals surface area (Å²) in [6.07, 6.45) is 1.34. The number of ether oxygens (including phenoxy) is 1. The number of nitrogens with two attached hydrogens (primary N) is 1. The lowest BCUT2D eigenvalue weighted by Gasteiger charge is -2.10. The molecule has 21 heavy (non-hydrogen) atoms. The van der Waals surface area contributed by atoms with E-state index >= 15 is 0 Å². The predicted molar refractivity (Wildman–Crippen MR) is 86.9 cm³/mol. The number of aromatic nitrogens is 1. The first kappa shape index (κ1) is 15.7. The number of nitrogens with one attached hydrogen (secondary N) is 1. The van der Waals surface area contributed by atoms with Gasteiger partial charge in [0, 0.05) is 6.42 Å². The number of fused-ring (bicyclic) bond motifs is 1. The second kappa shape index (κ2) is 7.38. The quantitative estimate of drug-likeness (QED) is 0.824. The van der Waals surface area contributed by atoms with E-state index in [1.54, 1.807) is 0 Å². The molecule has 0 fully saturated rings. The molecule has 0 aliphatic rings. The summed E-state index contributed by atoms with van der Waals surface area (Å²) in [5.41, 5.74) is 6.49. The molecule has 3 N–H and O–H groups in total. The average Bonchev–Trinajstić information content (AvgIpc) is 2.86.